The topological polar surface area (TPSA) is 73.4 Å². The van der Waals surface area contributed by atoms with Gasteiger partial charge < -0.3 is 15.4 Å². The molecule has 0 amide bonds. The van der Waals surface area contributed by atoms with E-state index in [2.05, 4.69) is 4.90 Å². The minimum absolute atomic E-state index is 0.0234. The van der Waals surface area contributed by atoms with Gasteiger partial charge in [-0.1, -0.05) is 13.0 Å². The predicted molar refractivity (Wildman–Crippen MR) is 92.0 cm³/mol. The number of nitrogens with two attached hydrogens (primary N) is 1. The first-order valence-corrected chi connectivity index (χ1v) is 8.12. The van der Waals surface area contributed by atoms with Gasteiger partial charge >= 0.3 is 0 Å². The lowest BCUT2D eigenvalue weighted by molar-refractivity contribution is 0.121. The summed E-state index contributed by atoms with van der Waals surface area (Å²) in [5, 5.41) is 0.642. The predicted octanol–water partition coefficient (Wildman–Crippen LogP) is 1.49. The second-order valence-electron chi connectivity index (χ2n) is 6.14. The SMILES string of the molecule is CC[C@@H](N)c1cc(C)cc2c(=O)n(C)c(N3CCOCC3)nc12. The number of rotatable bonds is 3. The molecule has 1 aromatic carbocycles. The van der Waals surface area contributed by atoms with Crippen LogP contribution in [0, 0.1) is 6.92 Å². The number of hydrogen-bond acceptors (Lipinski definition) is 5. The van der Waals surface area contributed by atoms with Crippen LogP contribution < -0.4 is 16.2 Å². The zero-order valence-electron chi connectivity index (χ0n) is 14.0. The summed E-state index contributed by atoms with van der Waals surface area (Å²) in [5.41, 5.74) is 8.96. The van der Waals surface area contributed by atoms with Gasteiger partial charge in [-0.2, -0.15) is 0 Å². The van der Waals surface area contributed by atoms with Crippen molar-refractivity contribution in [3.05, 3.63) is 33.6 Å². The standard InChI is InChI=1S/C17H24N4O2/c1-4-14(18)12-9-11(2)10-13-15(12)19-17(20(3)16(13)22)21-5-7-23-8-6-21/h9-10,14H,4-8,18H2,1-3H3/t14-/m1/s1. The lowest BCUT2D eigenvalue weighted by atomic mass is 9.99. The summed E-state index contributed by atoms with van der Waals surface area (Å²) >= 11 is 0. The molecule has 0 saturated carbocycles. The van der Waals surface area contributed by atoms with E-state index in [0.29, 0.717) is 24.5 Å². The van der Waals surface area contributed by atoms with Gasteiger partial charge in [0.1, 0.15) is 0 Å². The fourth-order valence-electron chi connectivity index (χ4n) is 3.09. The Morgan fingerprint density at radius 2 is 2.04 bits per heavy atom. The van der Waals surface area contributed by atoms with Crippen LogP contribution in [0.25, 0.3) is 10.9 Å². The number of ether oxygens (including phenoxy) is 1. The van der Waals surface area contributed by atoms with Crippen molar-refractivity contribution in [3.8, 4) is 0 Å². The quantitative estimate of drug-likeness (QED) is 0.928. The minimum Gasteiger partial charge on any atom is -0.378 e. The van der Waals surface area contributed by atoms with Crippen molar-refractivity contribution in [2.75, 3.05) is 31.2 Å². The van der Waals surface area contributed by atoms with Crippen LogP contribution in [0.1, 0.15) is 30.5 Å². The highest BCUT2D eigenvalue weighted by atomic mass is 16.5. The molecule has 6 nitrogen and oxygen atoms in total. The van der Waals surface area contributed by atoms with Gasteiger partial charge in [-0.3, -0.25) is 9.36 Å². The van der Waals surface area contributed by atoms with Gasteiger partial charge in [0.25, 0.3) is 5.56 Å². The molecule has 2 aromatic rings. The number of benzene rings is 1. The van der Waals surface area contributed by atoms with Crippen LogP contribution in [0.15, 0.2) is 16.9 Å². The summed E-state index contributed by atoms with van der Waals surface area (Å²) in [6, 6.07) is 3.83. The lowest BCUT2D eigenvalue weighted by Gasteiger charge is -2.29. The van der Waals surface area contributed by atoms with Crippen LogP contribution in [0.4, 0.5) is 5.95 Å². The van der Waals surface area contributed by atoms with Crippen LogP contribution in [-0.4, -0.2) is 35.9 Å². The summed E-state index contributed by atoms with van der Waals surface area (Å²) in [7, 11) is 1.78. The Bertz CT molecular complexity index is 778. The van der Waals surface area contributed by atoms with Crippen LogP contribution in [0.2, 0.25) is 0 Å². The number of aromatic nitrogens is 2. The number of nitrogens with zero attached hydrogens (tertiary/aromatic N) is 3. The van der Waals surface area contributed by atoms with Gasteiger partial charge in [0.2, 0.25) is 5.95 Å². The Morgan fingerprint density at radius 1 is 1.35 bits per heavy atom. The molecule has 2 N–H and O–H groups in total. The first-order valence-electron chi connectivity index (χ1n) is 8.12. The summed E-state index contributed by atoms with van der Waals surface area (Å²) in [4.78, 5) is 19.8. The fourth-order valence-corrected chi connectivity index (χ4v) is 3.09. The third-order valence-electron chi connectivity index (χ3n) is 4.46. The monoisotopic (exact) mass is 316 g/mol. The molecule has 0 radical (unpaired) electrons. The van der Waals surface area contributed by atoms with Gasteiger partial charge in [-0.25, -0.2) is 4.98 Å². The second kappa shape index (κ2) is 6.29. The molecule has 0 unspecified atom stereocenters. The summed E-state index contributed by atoms with van der Waals surface area (Å²) in [6.07, 6.45) is 0.808. The third-order valence-corrected chi connectivity index (χ3v) is 4.46. The Kier molecular flexibility index (Phi) is 4.37. The van der Waals surface area contributed by atoms with Gasteiger partial charge in [-0.15, -0.1) is 0 Å². The van der Waals surface area contributed by atoms with E-state index in [-0.39, 0.29) is 11.6 Å². The largest absolute Gasteiger partial charge is 0.378 e. The molecule has 23 heavy (non-hydrogen) atoms. The van der Waals surface area contributed by atoms with Crippen molar-refractivity contribution >= 4 is 16.9 Å². The molecule has 1 aliphatic heterocycles. The lowest BCUT2D eigenvalue weighted by Crippen LogP contribution is -2.40. The Morgan fingerprint density at radius 3 is 2.70 bits per heavy atom. The normalized spacial score (nSPS) is 16.8. The summed E-state index contributed by atoms with van der Waals surface area (Å²) in [6.45, 7) is 6.83. The maximum Gasteiger partial charge on any atom is 0.262 e. The van der Waals surface area contributed by atoms with E-state index in [4.69, 9.17) is 15.5 Å². The molecule has 3 rings (SSSR count). The number of aryl methyl sites for hydroxylation is 1. The molecule has 1 fully saturated rings. The molecule has 1 atom stereocenters. The molecular formula is C17H24N4O2. The summed E-state index contributed by atoms with van der Waals surface area (Å²) < 4.78 is 7.03. The van der Waals surface area contributed by atoms with Crippen molar-refractivity contribution in [2.45, 2.75) is 26.3 Å². The first kappa shape index (κ1) is 16.0. The Hall–Kier alpha value is -1.92. The molecule has 0 aliphatic carbocycles. The van der Waals surface area contributed by atoms with Crippen LogP contribution in [0.3, 0.4) is 0 Å². The van der Waals surface area contributed by atoms with Crippen LogP contribution in [-0.2, 0) is 11.8 Å². The molecule has 0 spiro atoms. The number of morpholine rings is 1. The van der Waals surface area contributed by atoms with Crippen molar-refractivity contribution in [3.63, 3.8) is 0 Å². The van der Waals surface area contributed by atoms with E-state index in [1.807, 2.05) is 26.0 Å². The molecular weight excluding hydrogens is 292 g/mol. The molecule has 6 heteroatoms. The van der Waals surface area contributed by atoms with Gasteiger partial charge in [-0.05, 0) is 30.5 Å². The molecule has 124 valence electrons. The van der Waals surface area contributed by atoms with E-state index in [0.717, 1.165) is 36.2 Å². The molecule has 1 aliphatic rings. The fraction of sp³-hybridized carbons (Fsp3) is 0.529. The van der Waals surface area contributed by atoms with Gasteiger partial charge in [0.05, 0.1) is 24.1 Å². The summed E-state index contributed by atoms with van der Waals surface area (Å²) in [5.74, 6) is 0.694. The molecule has 2 heterocycles. The molecule has 1 aromatic heterocycles. The maximum atomic E-state index is 12.8. The highest BCUT2D eigenvalue weighted by Crippen LogP contribution is 2.25. The molecule has 1 saturated heterocycles. The maximum absolute atomic E-state index is 12.8. The number of hydrogen-bond donors (Lipinski definition) is 1. The first-order chi connectivity index (χ1) is 11.0. The van der Waals surface area contributed by atoms with Gasteiger partial charge in [0.15, 0.2) is 0 Å². The minimum atomic E-state index is -0.116. The van der Waals surface area contributed by atoms with E-state index < -0.39 is 0 Å². The third kappa shape index (κ3) is 2.84. The van der Waals surface area contributed by atoms with Crippen molar-refractivity contribution < 1.29 is 4.74 Å². The average Bonchev–Trinajstić information content (AvgIpc) is 2.58. The van der Waals surface area contributed by atoms with E-state index in [1.54, 1.807) is 11.6 Å². The zero-order valence-corrected chi connectivity index (χ0v) is 14.0. The van der Waals surface area contributed by atoms with E-state index >= 15 is 0 Å². The second-order valence-corrected chi connectivity index (χ2v) is 6.14. The van der Waals surface area contributed by atoms with E-state index in [9.17, 15) is 4.79 Å². The Labute approximate surface area is 135 Å². The highest BCUT2D eigenvalue weighted by molar-refractivity contribution is 5.83. The molecule has 0 bridgehead atoms. The van der Waals surface area contributed by atoms with Crippen molar-refractivity contribution in [2.24, 2.45) is 12.8 Å². The smallest absolute Gasteiger partial charge is 0.262 e. The van der Waals surface area contributed by atoms with Crippen LogP contribution in [0.5, 0.6) is 0 Å². The van der Waals surface area contributed by atoms with Crippen molar-refractivity contribution in [1.82, 2.24) is 9.55 Å². The van der Waals surface area contributed by atoms with E-state index in [1.165, 1.54) is 0 Å². The van der Waals surface area contributed by atoms with Crippen LogP contribution >= 0.6 is 0 Å². The average molecular weight is 316 g/mol. The Balaban J connectivity index is 2.26. The van der Waals surface area contributed by atoms with Crippen molar-refractivity contribution in [1.29, 1.82) is 0 Å². The number of anilines is 1. The number of fused-ring (bicyclic) bond motifs is 1. The zero-order chi connectivity index (χ0) is 16.6. The van der Waals surface area contributed by atoms with Gasteiger partial charge in [0, 0.05) is 26.2 Å². The highest BCUT2D eigenvalue weighted by Gasteiger charge is 2.20.